The lowest BCUT2D eigenvalue weighted by Gasteiger charge is -2.41. The van der Waals surface area contributed by atoms with Crippen molar-refractivity contribution in [2.45, 2.75) is 12.0 Å². The average molecular weight is 412 g/mol. The van der Waals surface area contributed by atoms with Crippen LogP contribution < -0.4 is 5.73 Å². The van der Waals surface area contributed by atoms with Crippen LogP contribution in [0.4, 0.5) is 0 Å². The molecule has 0 aromatic heterocycles. The number of benzene rings is 2. The number of rotatable bonds is 2. The van der Waals surface area contributed by atoms with Crippen LogP contribution in [0.5, 0.6) is 11.5 Å². The summed E-state index contributed by atoms with van der Waals surface area (Å²) in [5, 5.41) is 46.4. The zero-order chi connectivity index (χ0) is 22.0. The summed E-state index contributed by atoms with van der Waals surface area (Å²) in [6.45, 7) is 0. The lowest BCUT2D eigenvalue weighted by Crippen LogP contribution is -2.62. The number of hydrogen-bond acceptors (Lipinski definition) is 9. The summed E-state index contributed by atoms with van der Waals surface area (Å²) >= 11 is 0. The third-order valence-electron chi connectivity index (χ3n) is 5.52. The molecule has 0 radical (unpaired) electrons. The number of carbonyl (C=O) groups is 3. The van der Waals surface area contributed by atoms with E-state index in [2.05, 4.69) is 9.99 Å². The van der Waals surface area contributed by atoms with Gasteiger partial charge >= 0.3 is 0 Å². The Balaban J connectivity index is 2.05. The molecular weight excluding hydrogens is 396 g/mol. The summed E-state index contributed by atoms with van der Waals surface area (Å²) < 4.78 is 0. The van der Waals surface area contributed by atoms with Gasteiger partial charge < -0.3 is 31.0 Å². The number of aromatic hydroxyl groups is 2. The van der Waals surface area contributed by atoms with Gasteiger partial charge in [-0.2, -0.15) is 0 Å². The zero-order valence-corrected chi connectivity index (χ0v) is 15.5. The fraction of sp³-hybridized carbons (Fsp3) is 0.200. The van der Waals surface area contributed by atoms with Crippen LogP contribution in [0.25, 0.3) is 10.8 Å². The maximum Gasteiger partial charge on any atom is 0.256 e. The molecule has 0 saturated carbocycles. The Kier molecular flexibility index (Phi) is 4.07. The first-order valence-corrected chi connectivity index (χ1v) is 8.77. The Hall–Kier alpha value is -3.92. The summed E-state index contributed by atoms with van der Waals surface area (Å²) in [6, 6.07) is 5.96. The van der Waals surface area contributed by atoms with Gasteiger partial charge in [0.05, 0.1) is 16.9 Å². The number of nitrogens with zero attached hydrogens (tertiary/aromatic N) is 1. The Morgan fingerprint density at radius 2 is 1.93 bits per heavy atom. The Labute approximate surface area is 168 Å². The predicted octanol–water partition coefficient (Wildman–Crippen LogP) is 0.220. The van der Waals surface area contributed by atoms with E-state index < -0.39 is 51.8 Å². The van der Waals surface area contributed by atoms with Gasteiger partial charge in [0.1, 0.15) is 29.9 Å². The van der Waals surface area contributed by atoms with Crippen LogP contribution in [-0.2, 0) is 20.8 Å². The quantitative estimate of drug-likeness (QED) is 0.264. The largest absolute Gasteiger partial charge is 0.507 e. The Morgan fingerprint density at radius 3 is 2.57 bits per heavy atom. The van der Waals surface area contributed by atoms with E-state index >= 15 is 0 Å². The number of phenolic OH excluding ortho intramolecular Hbond substituents is 2. The molecule has 10 nitrogen and oxygen atoms in total. The van der Waals surface area contributed by atoms with Crippen LogP contribution in [-0.4, -0.2) is 56.3 Å². The number of hydrogen-bond donors (Lipinski definition) is 5. The fourth-order valence-corrected chi connectivity index (χ4v) is 4.18. The van der Waals surface area contributed by atoms with Crippen molar-refractivity contribution in [1.29, 1.82) is 0 Å². The molecule has 2 aliphatic rings. The summed E-state index contributed by atoms with van der Waals surface area (Å²) in [5.74, 6) is -7.19. The molecule has 0 heterocycles. The second kappa shape index (κ2) is 6.29. The SMILES string of the molecule is CON=C1C(O)=C(C(N)=O)C(=O)C2(O)C(=O)c3c(cc4cccc(O)c4c3O)CC12. The van der Waals surface area contributed by atoms with Crippen molar-refractivity contribution in [2.24, 2.45) is 16.8 Å². The molecule has 2 aromatic rings. The smallest absolute Gasteiger partial charge is 0.256 e. The molecule has 0 bridgehead atoms. The minimum Gasteiger partial charge on any atom is -0.507 e. The molecule has 30 heavy (non-hydrogen) atoms. The fourth-order valence-electron chi connectivity index (χ4n) is 4.18. The number of ketones is 2. The van der Waals surface area contributed by atoms with E-state index in [0.717, 1.165) is 7.11 Å². The number of carbonyl (C=O) groups excluding carboxylic acids is 3. The summed E-state index contributed by atoms with van der Waals surface area (Å²) in [7, 11) is 1.14. The molecule has 2 aromatic carbocycles. The van der Waals surface area contributed by atoms with Gasteiger partial charge in [-0.15, -0.1) is 0 Å². The van der Waals surface area contributed by atoms with Crippen molar-refractivity contribution in [2.75, 3.05) is 7.11 Å². The molecule has 6 N–H and O–H groups in total. The number of amides is 1. The molecule has 4 rings (SSSR count). The molecule has 0 saturated heterocycles. The first kappa shape index (κ1) is 19.4. The van der Waals surface area contributed by atoms with E-state index in [1.807, 2.05) is 0 Å². The first-order valence-electron chi connectivity index (χ1n) is 8.77. The minimum absolute atomic E-state index is 0.0331. The van der Waals surface area contributed by atoms with E-state index in [1.165, 1.54) is 12.1 Å². The third-order valence-corrected chi connectivity index (χ3v) is 5.52. The maximum atomic E-state index is 13.3. The molecule has 2 atom stereocenters. The van der Waals surface area contributed by atoms with Gasteiger partial charge in [0.2, 0.25) is 11.6 Å². The van der Waals surface area contributed by atoms with Crippen LogP contribution in [0.3, 0.4) is 0 Å². The number of phenols is 2. The maximum absolute atomic E-state index is 13.3. The number of allylic oxidation sites excluding steroid dienone is 1. The van der Waals surface area contributed by atoms with E-state index in [1.54, 1.807) is 12.1 Å². The molecule has 10 heteroatoms. The molecule has 2 aliphatic carbocycles. The van der Waals surface area contributed by atoms with Crippen LogP contribution in [0.15, 0.2) is 40.8 Å². The van der Waals surface area contributed by atoms with E-state index in [-0.39, 0.29) is 28.7 Å². The standard InChI is InChI=1S/C20H16N2O8/c1-30-22-14-9-6-8-5-7-3-2-4-10(23)11(7)15(24)12(8)17(26)20(9,29)18(27)13(16(14)25)19(21)28/h2-5,9,23-25,29H,6H2,1H3,(H2,21,28). The highest BCUT2D eigenvalue weighted by atomic mass is 16.6. The number of primary amides is 1. The van der Waals surface area contributed by atoms with Crippen LogP contribution >= 0.6 is 0 Å². The number of oxime groups is 1. The highest BCUT2D eigenvalue weighted by Crippen LogP contribution is 2.47. The van der Waals surface area contributed by atoms with Crippen molar-refractivity contribution in [3.63, 3.8) is 0 Å². The second-order valence-electron chi connectivity index (χ2n) is 7.06. The van der Waals surface area contributed by atoms with Gasteiger partial charge in [0.15, 0.2) is 11.4 Å². The van der Waals surface area contributed by atoms with Gasteiger partial charge in [-0.1, -0.05) is 17.3 Å². The van der Waals surface area contributed by atoms with Crippen molar-refractivity contribution in [3.8, 4) is 11.5 Å². The highest BCUT2D eigenvalue weighted by Gasteiger charge is 2.62. The van der Waals surface area contributed by atoms with Gasteiger partial charge in [-0.05, 0) is 29.5 Å². The van der Waals surface area contributed by atoms with Crippen molar-refractivity contribution in [3.05, 3.63) is 46.7 Å². The molecule has 2 unspecified atom stereocenters. The van der Waals surface area contributed by atoms with Crippen molar-refractivity contribution in [1.82, 2.24) is 0 Å². The van der Waals surface area contributed by atoms with E-state index in [9.17, 15) is 34.8 Å². The number of aliphatic hydroxyl groups is 2. The summed E-state index contributed by atoms with van der Waals surface area (Å²) in [4.78, 5) is 42.7. The molecule has 0 spiro atoms. The van der Waals surface area contributed by atoms with Gasteiger partial charge in [0, 0.05) is 0 Å². The zero-order valence-electron chi connectivity index (χ0n) is 15.5. The monoisotopic (exact) mass is 412 g/mol. The van der Waals surface area contributed by atoms with Crippen LogP contribution in [0, 0.1) is 5.92 Å². The lowest BCUT2D eigenvalue weighted by molar-refractivity contribution is -0.134. The van der Waals surface area contributed by atoms with Crippen LogP contribution in [0.2, 0.25) is 0 Å². The van der Waals surface area contributed by atoms with Crippen molar-refractivity contribution < 1.29 is 39.6 Å². The van der Waals surface area contributed by atoms with E-state index in [0.29, 0.717) is 5.39 Å². The minimum atomic E-state index is -2.86. The molecular formula is C20H16N2O8. The van der Waals surface area contributed by atoms with Gasteiger partial charge in [0.25, 0.3) is 5.91 Å². The predicted molar refractivity (Wildman–Crippen MR) is 102 cm³/mol. The topological polar surface area (TPSA) is 180 Å². The molecule has 0 aliphatic heterocycles. The number of aliphatic hydroxyl groups excluding tert-OH is 1. The highest BCUT2D eigenvalue weighted by molar-refractivity contribution is 6.38. The van der Waals surface area contributed by atoms with Crippen molar-refractivity contribution >= 4 is 34.0 Å². The Bertz CT molecular complexity index is 1230. The molecule has 154 valence electrons. The lowest BCUT2D eigenvalue weighted by atomic mass is 9.62. The first-order chi connectivity index (χ1) is 14.1. The summed E-state index contributed by atoms with van der Waals surface area (Å²) in [6.07, 6.45) is -0.208. The number of fused-ring (bicyclic) bond motifs is 3. The average Bonchev–Trinajstić information content (AvgIpc) is 2.67. The summed E-state index contributed by atoms with van der Waals surface area (Å²) in [5.41, 5.74) is 0.783. The normalized spacial score (nSPS) is 24.7. The second-order valence-corrected chi connectivity index (χ2v) is 7.06. The van der Waals surface area contributed by atoms with Gasteiger partial charge in [-0.3, -0.25) is 14.4 Å². The Morgan fingerprint density at radius 1 is 1.23 bits per heavy atom. The number of nitrogens with two attached hydrogens (primary N) is 1. The molecule has 0 fully saturated rings. The molecule has 1 amide bonds. The third kappa shape index (κ3) is 2.28. The van der Waals surface area contributed by atoms with Crippen LogP contribution in [0.1, 0.15) is 15.9 Å². The van der Waals surface area contributed by atoms with Gasteiger partial charge in [-0.25, -0.2) is 0 Å². The van der Waals surface area contributed by atoms with E-state index in [4.69, 9.17) is 5.73 Å². The number of Topliss-reactive ketones (excluding diaryl/α,β-unsaturated/α-hetero) is 2.